The van der Waals surface area contributed by atoms with Crippen molar-refractivity contribution >= 4 is 28.0 Å². The number of ether oxygens (including phenoxy) is 2. The zero-order valence-electron chi connectivity index (χ0n) is 12.6. The Morgan fingerprint density at radius 2 is 1.96 bits per heavy atom. The molecule has 0 radical (unpaired) electrons. The number of carbonyl (C=O) groups is 1. The fourth-order valence-corrected chi connectivity index (χ4v) is 2.69. The molecule has 0 saturated heterocycles. The van der Waals surface area contributed by atoms with Crippen molar-refractivity contribution in [3.63, 3.8) is 0 Å². The molecule has 0 aliphatic carbocycles. The molecule has 8 nitrogen and oxygen atoms in total. The van der Waals surface area contributed by atoms with Gasteiger partial charge in [0, 0.05) is 5.39 Å². The van der Waals surface area contributed by atoms with Gasteiger partial charge in [0.15, 0.2) is 0 Å². The van der Waals surface area contributed by atoms with E-state index in [9.17, 15) is 4.79 Å². The molecule has 0 amide bonds. The van der Waals surface area contributed by atoms with Crippen molar-refractivity contribution in [3.8, 4) is 17.3 Å². The van der Waals surface area contributed by atoms with E-state index in [-0.39, 0.29) is 5.88 Å². The minimum absolute atomic E-state index is 0.136. The molecule has 0 saturated carbocycles. The largest absolute Gasteiger partial charge is 0.512 e. The molecule has 0 bridgehead atoms. The van der Waals surface area contributed by atoms with Gasteiger partial charge < -0.3 is 14.6 Å². The highest BCUT2D eigenvalue weighted by Crippen LogP contribution is 2.33. The summed E-state index contributed by atoms with van der Waals surface area (Å²) >= 11 is 0. The van der Waals surface area contributed by atoms with E-state index in [0.29, 0.717) is 10.9 Å². The van der Waals surface area contributed by atoms with Crippen LogP contribution in [-0.2, 0) is 0 Å². The molecule has 2 N–H and O–H groups in total. The van der Waals surface area contributed by atoms with Gasteiger partial charge in [0.1, 0.15) is 5.75 Å². The van der Waals surface area contributed by atoms with Gasteiger partial charge in [-0.25, -0.2) is 4.79 Å². The maximum absolute atomic E-state index is 11.0. The van der Waals surface area contributed by atoms with Crippen LogP contribution in [0.1, 0.15) is 0 Å². The van der Waals surface area contributed by atoms with Crippen molar-refractivity contribution in [2.45, 2.75) is 0 Å². The first kappa shape index (κ1) is 14.1. The van der Waals surface area contributed by atoms with Crippen LogP contribution in [0.3, 0.4) is 0 Å². The fraction of sp³-hybridized carbons (Fsp3) is 0.0625. The number of hydrogen-bond acceptors (Lipinski definition) is 5. The third-order valence-electron chi connectivity index (χ3n) is 3.75. The summed E-state index contributed by atoms with van der Waals surface area (Å²) in [5.74, 6) is 0.857. The molecular formula is C16H12N4O4. The van der Waals surface area contributed by atoms with E-state index in [2.05, 4.69) is 15.3 Å². The maximum atomic E-state index is 11.0. The van der Waals surface area contributed by atoms with Gasteiger partial charge in [0.25, 0.3) is 0 Å². The van der Waals surface area contributed by atoms with Crippen molar-refractivity contribution in [1.82, 2.24) is 20.0 Å². The number of nitrogens with one attached hydrogen (secondary N) is 1. The van der Waals surface area contributed by atoms with Crippen LogP contribution in [0, 0.1) is 0 Å². The van der Waals surface area contributed by atoms with Gasteiger partial charge in [-0.05, 0) is 36.4 Å². The lowest BCUT2D eigenvalue weighted by atomic mass is 10.2. The number of methoxy groups -OCH3 is 1. The molecule has 0 spiro atoms. The van der Waals surface area contributed by atoms with Crippen molar-refractivity contribution in [3.05, 3.63) is 42.6 Å². The quantitative estimate of drug-likeness (QED) is 0.562. The predicted octanol–water partition coefficient (Wildman–Crippen LogP) is 2.97. The molecule has 0 aliphatic heterocycles. The fourth-order valence-electron chi connectivity index (χ4n) is 2.69. The van der Waals surface area contributed by atoms with Crippen molar-refractivity contribution in [2.24, 2.45) is 0 Å². The Hall–Kier alpha value is -3.55. The molecule has 8 heteroatoms. The Labute approximate surface area is 135 Å². The standard InChI is InChI=1S/C16H12N4O4/c1-23-10-4-2-9(3-5-10)20-14-11(15(19-20)24-16(21)22)6-7-13-12(14)8-17-18-13/h2-8,19H,1H3,(H,21,22). The highest BCUT2D eigenvalue weighted by molar-refractivity contribution is 6.06. The zero-order valence-corrected chi connectivity index (χ0v) is 12.6. The van der Waals surface area contributed by atoms with E-state index < -0.39 is 6.16 Å². The lowest BCUT2D eigenvalue weighted by Gasteiger charge is -2.06. The van der Waals surface area contributed by atoms with Gasteiger partial charge in [-0.3, -0.25) is 9.78 Å². The Bertz CT molecular complexity index is 1050. The van der Waals surface area contributed by atoms with E-state index >= 15 is 0 Å². The Balaban J connectivity index is 2.01. The van der Waals surface area contributed by atoms with Crippen LogP contribution in [0.25, 0.3) is 27.5 Å². The second-order valence-corrected chi connectivity index (χ2v) is 5.08. The number of carboxylic acid groups (broad SMARTS) is 1. The predicted molar refractivity (Wildman–Crippen MR) is 85.9 cm³/mol. The van der Waals surface area contributed by atoms with E-state index in [1.54, 1.807) is 30.1 Å². The second-order valence-electron chi connectivity index (χ2n) is 5.08. The third kappa shape index (κ3) is 2.12. The average molecular weight is 324 g/mol. The molecule has 0 fully saturated rings. The number of H-pyrrole nitrogens is 1. The summed E-state index contributed by atoms with van der Waals surface area (Å²) in [7, 11) is 1.59. The number of benzene rings is 2. The molecular weight excluding hydrogens is 312 g/mol. The number of rotatable bonds is 3. The van der Waals surface area contributed by atoms with Gasteiger partial charge in [-0.2, -0.15) is 10.2 Å². The highest BCUT2D eigenvalue weighted by Gasteiger charge is 2.17. The van der Waals surface area contributed by atoms with Crippen LogP contribution in [0.2, 0.25) is 0 Å². The summed E-state index contributed by atoms with van der Waals surface area (Å²) in [5.41, 5.74) is 2.24. The number of fused-ring (bicyclic) bond motifs is 3. The smallest absolute Gasteiger partial charge is 0.497 e. The van der Waals surface area contributed by atoms with Gasteiger partial charge in [-0.15, -0.1) is 0 Å². The number of nitrogens with zero attached hydrogens (tertiary/aromatic N) is 3. The van der Waals surface area contributed by atoms with Crippen LogP contribution < -0.4 is 9.47 Å². The minimum atomic E-state index is -1.39. The van der Waals surface area contributed by atoms with Gasteiger partial charge >= 0.3 is 6.16 Å². The SMILES string of the molecule is COc1ccc(-n2[nH]c(OC(=O)O)c3ccc4nncc4c32)cc1. The monoisotopic (exact) mass is 324 g/mol. The molecule has 0 aliphatic rings. The van der Waals surface area contributed by atoms with Crippen LogP contribution in [0.4, 0.5) is 4.79 Å². The van der Waals surface area contributed by atoms with Crippen LogP contribution in [0.15, 0.2) is 42.6 Å². The van der Waals surface area contributed by atoms with Crippen molar-refractivity contribution < 1.29 is 19.4 Å². The third-order valence-corrected chi connectivity index (χ3v) is 3.75. The summed E-state index contributed by atoms with van der Waals surface area (Å²) in [5, 5.41) is 21.3. The molecule has 0 unspecified atom stereocenters. The van der Waals surface area contributed by atoms with E-state index in [1.165, 1.54) is 0 Å². The minimum Gasteiger partial charge on any atom is -0.497 e. The van der Waals surface area contributed by atoms with Crippen LogP contribution >= 0.6 is 0 Å². The molecule has 24 heavy (non-hydrogen) atoms. The molecule has 0 atom stereocenters. The molecule has 2 aromatic carbocycles. The summed E-state index contributed by atoms with van der Waals surface area (Å²) in [6.45, 7) is 0. The van der Waals surface area contributed by atoms with Gasteiger partial charge in [0.2, 0.25) is 5.88 Å². The zero-order chi connectivity index (χ0) is 16.7. The summed E-state index contributed by atoms with van der Waals surface area (Å²) in [6.07, 6.45) is 0.245. The molecule has 2 heterocycles. The molecule has 4 aromatic rings. The number of aromatic nitrogens is 4. The Kier molecular flexibility index (Phi) is 3.09. The van der Waals surface area contributed by atoms with E-state index in [4.69, 9.17) is 14.6 Å². The summed E-state index contributed by atoms with van der Waals surface area (Å²) < 4.78 is 11.8. The van der Waals surface area contributed by atoms with Crippen molar-refractivity contribution in [2.75, 3.05) is 7.11 Å². The second kappa shape index (κ2) is 5.27. The first-order chi connectivity index (χ1) is 11.7. The summed E-state index contributed by atoms with van der Waals surface area (Å²) in [4.78, 5) is 11.0. The molecule has 120 valence electrons. The van der Waals surface area contributed by atoms with E-state index in [0.717, 1.165) is 22.3 Å². The van der Waals surface area contributed by atoms with Gasteiger partial charge in [0.05, 0.1) is 35.4 Å². The maximum Gasteiger partial charge on any atom is 0.512 e. The Morgan fingerprint density at radius 1 is 1.17 bits per heavy atom. The summed E-state index contributed by atoms with van der Waals surface area (Å²) in [6, 6.07) is 10.8. The first-order valence-electron chi connectivity index (χ1n) is 7.07. The first-order valence-corrected chi connectivity index (χ1v) is 7.07. The van der Waals surface area contributed by atoms with Gasteiger partial charge in [-0.1, -0.05) is 0 Å². The average Bonchev–Trinajstić information content (AvgIpc) is 3.19. The lowest BCUT2D eigenvalue weighted by Crippen LogP contribution is -2.04. The number of hydrogen-bond donors (Lipinski definition) is 2. The van der Waals surface area contributed by atoms with Crippen LogP contribution in [0.5, 0.6) is 11.6 Å². The lowest BCUT2D eigenvalue weighted by molar-refractivity contribution is 0.143. The molecule has 4 rings (SSSR count). The van der Waals surface area contributed by atoms with E-state index in [1.807, 2.05) is 24.3 Å². The molecule has 2 aromatic heterocycles. The Morgan fingerprint density at radius 3 is 2.67 bits per heavy atom. The number of aromatic amines is 1. The topological polar surface area (TPSA) is 102 Å². The normalized spacial score (nSPS) is 11.0. The van der Waals surface area contributed by atoms with Crippen LogP contribution in [-0.4, -0.2) is 38.3 Å². The van der Waals surface area contributed by atoms with Crippen molar-refractivity contribution in [1.29, 1.82) is 0 Å². The highest BCUT2D eigenvalue weighted by atomic mass is 16.7.